The molecular weight excluding hydrogens is 292 g/mol. The van der Waals surface area contributed by atoms with Gasteiger partial charge in [-0.05, 0) is 36.0 Å². The number of nitrogens with two attached hydrogens (primary N) is 1. The third kappa shape index (κ3) is 6.48. The summed E-state index contributed by atoms with van der Waals surface area (Å²) in [6.07, 6.45) is 0.994. The summed E-state index contributed by atoms with van der Waals surface area (Å²) in [6, 6.07) is 5.19. The Labute approximate surface area is 139 Å². The van der Waals surface area contributed by atoms with E-state index in [0.29, 0.717) is 24.8 Å². The van der Waals surface area contributed by atoms with Gasteiger partial charge in [-0.15, -0.1) is 0 Å². The van der Waals surface area contributed by atoms with Crippen molar-refractivity contribution in [1.82, 2.24) is 5.32 Å². The predicted octanol–water partition coefficient (Wildman–Crippen LogP) is 2.72. The number of ether oxygens (including phenoxy) is 2. The summed E-state index contributed by atoms with van der Waals surface area (Å²) in [5.41, 5.74) is 6.77. The molecule has 0 unspecified atom stereocenters. The first-order valence-corrected chi connectivity index (χ1v) is 8.18. The molecule has 0 saturated heterocycles. The number of amides is 1. The van der Waals surface area contributed by atoms with Gasteiger partial charge < -0.3 is 20.5 Å². The third-order valence-electron chi connectivity index (χ3n) is 3.67. The van der Waals surface area contributed by atoms with E-state index in [9.17, 15) is 4.79 Å². The van der Waals surface area contributed by atoms with E-state index in [4.69, 9.17) is 15.2 Å². The minimum Gasteiger partial charge on any atom is -0.493 e. The lowest BCUT2D eigenvalue weighted by molar-refractivity contribution is -0.123. The Bertz CT molecular complexity index is 501. The van der Waals surface area contributed by atoms with Crippen LogP contribution in [0.4, 0.5) is 0 Å². The summed E-state index contributed by atoms with van der Waals surface area (Å²) in [5, 5.41) is 2.85. The molecule has 130 valence electrons. The van der Waals surface area contributed by atoms with Crippen LogP contribution in [0.15, 0.2) is 18.2 Å². The van der Waals surface area contributed by atoms with Gasteiger partial charge in [-0.2, -0.15) is 0 Å². The lowest BCUT2D eigenvalue weighted by Crippen LogP contribution is -2.43. The molecule has 0 radical (unpaired) electrons. The van der Waals surface area contributed by atoms with Crippen LogP contribution in [0, 0.1) is 11.8 Å². The number of methoxy groups -OCH3 is 1. The van der Waals surface area contributed by atoms with Gasteiger partial charge in [-0.3, -0.25) is 4.79 Å². The molecule has 1 aromatic rings. The zero-order chi connectivity index (χ0) is 17.4. The molecule has 1 rings (SSSR count). The van der Waals surface area contributed by atoms with Crippen LogP contribution in [0.25, 0.3) is 0 Å². The number of hydrogen-bond donors (Lipinski definition) is 2. The zero-order valence-corrected chi connectivity index (χ0v) is 14.9. The number of hydrogen-bond acceptors (Lipinski definition) is 4. The van der Waals surface area contributed by atoms with E-state index in [1.54, 1.807) is 7.11 Å². The van der Waals surface area contributed by atoms with Crippen LogP contribution in [0.1, 0.15) is 39.7 Å². The summed E-state index contributed by atoms with van der Waals surface area (Å²) in [4.78, 5) is 11.9. The fourth-order valence-corrected chi connectivity index (χ4v) is 1.96. The molecule has 23 heavy (non-hydrogen) atoms. The Morgan fingerprint density at radius 2 is 1.91 bits per heavy atom. The van der Waals surface area contributed by atoms with E-state index in [1.807, 2.05) is 32.0 Å². The Morgan fingerprint density at radius 3 is 2.48 bits per heavy atom. The Balaban J connectivity index is 2.63. The number of carbonyl (C=O) groups excluding carboxylic acids is 1. The van der Waals surface area contributed by atoms with Crippen molar-refractivity contribution in [3.63, 3.8) is 0 Å². The molecule has 1 aromatic carbocycles. The molecule has 0 bridgehead atoms. The van der Waals surface area contributed by atoms with Crippen LogP contribution in [0.5, 0.6) is 11.5 Å². The van der Waals surface area contributed by atoms with Crippen molar-refractivity contribution in [2.45, 2.75) is 46.7 Å². The first kappa shape index (κ1) is 19.3. The molecule has 3 N–H and O–H groups in total. The van der Waals surface area contributed by atoms with Crippen LogP contribution < -0.4 is 20.5 Å². The zero-order valence-electron chi connectivity index (χ0n) is 14.9. The van der Waals surface area contributed by atoms with Crippen molar-refractivity contribution in [2.24, 2.45) is 17.6 Å². The highest BCUT2D eigenvalue weighted by molar-refractivity contribution is 5.81. The van der Waals surface area contributed by atoms with Crippen molar-refractivity contribution >= 4 is 5.91 Å². The lowest BCUT2D eigenvalue weighted by Gasteiger charge is -2.16. The van der Waals surface area contributed by atoms with E-state index < -0.39 is 6.04 Å². The van der Waals surface area contributed by atoms with Crippen LogP contribution in [0.3, 0.4) is 0 Å². The lowest BCUT2D eigenvalue weighted by atomic mass is 10.0. The average molecular weight is 322 g/mol. The second kappa shape index (κ2) is 9.40. The van der Waals surface area contributed by atoms with Crippen LogP contribution in [0.2, 0.25) is 0 Å². The highest BCUT2D eigenvalue weighted by Gasteiger charge is 2.16. The second-order valence-electron chi connectivity index (χ2n) is 6.50. The quantitative estimate of drug-likeness (QED) is 0.733. The summed E-state index contributed by atoms with van der Waals surface area (Å²) in [7, 11) is 1.61. The Kier molecular flexibility index (Phi) is 7.89. The van der Waals surface area contributed by atoms with Gasteiger partial charge in [0.05, 0.1) is 19.8 Å². The van der Waals surface area contributed by atoms with Crippen molar-refractivity contribution in [1.29, 1.82) is 0 Å². The molecule has 0 spiro atoms. The SMILES string of the molecule is COc1cc(CNC(=O)[C@@H](N)C(C)C)ccc1OCCC(C)C. The van der Waals surface area contributed by atoms with Crippen LogP contribution >= 0.6 is 0 Å². The van der Waals surface area contributed by atoms with Crippen molar-refractivity contribution in [2.75, 3.05) is 13.7 Å². The van der Waals surface area contributed by atoms with Gasteiger partial charge in [0.2, 0.25) is 5.91 Å². The van der Waals surface area contributed by atoms with Gasteiger partial charge in [0.15, 0.2) is 11.5 Å². The van der Waals surface area contributed by atoms with Gasteiger partial charge in [0.1, 0.15) is 0 Å². The second-order valence-corrected chi connectivity index (χ2v) is 6.50. The molecule has 0 aliphatic heterocycles. The standard InChI is InChI=1S/C18H30N2O3/c1-12(2)8-9-23-15-7-6-14(10-16(15)22-5)11-20-18(21)17(19)13(3)4/h6-7,10,12-13,17H,8-9,11,19H2,1-5H3,(H,20,21)/t17-/m0/s1. The Hall–Kier alpha value is -1.75. The first-order valence-electron chi connectivity index (χ1n) is 8.18. The average Bonchev–Trinajstić information content (AvgIpc) is 2.52. The minimum atomic E-state index is -0.490. The maximum Gasteiger partial charge on any atom is 0.237 e. The van der Waals surface area contributed by atoms with Crippen molar-refractivity contribution in [3.05, 3.63) is 23.8 Å². The highest BCUT2D eigenvalue weighted by atomic mass is 16.5. The third-order valence-corrected chi connectivity index (χ3v) is 3.67. The van der Waals surface area contributed by atoms with Crippen LogP contribution in [-0.4, -0.2) is 25.7 Å². The minimum absolute atomic E-state index is 0.112. The topological polar surface area (TPSA) is 73.6 Å². The molecule has 0 aromatic heterocycles. The first-order chi connectivity index (χ1) is 10.8. The smallest absolute Gasteiger partial charge is 0.237 e. The maximum absolute atomic E-state index is 11.9. The van der Waals surface area contributed by atoms with E-state index >= 15 is 0 Å². The summed E-state index contributed by atoms with van der Waals surface area (Å²) in [6.45, 7) is 9.25. The van der Waals surface area contributed by atoms with Crippen LogP contribution in [-0.2, 0) is 11.3 Å². The maximum atomic E-state index is 11.9. The number of rotatable bonds is 9. The van der Waals surface area contributed by atoms with Gasteiger partial charge in [0.25, 0.3) is 0 Å². The van der Waals surface area contributed by atoms with Crippen molar-refractivity contribution < 1.29 is 14.3 Å². The molecule has 5 nitrogen and oxygen atoms in total. The fraction of sp³-hybridized carbons (Fsp3) is 0.611. The molecule has 0 heterocycles. The Morgan fingerprint density at radius 1 is 1.22 bits per heavy atom. The van der Waals surface area contributed by atoms with E-state index in [-0.39, 0.29) is 11.8 Å². The van der Waals surface area contributed by atoms with Gasteiger partial charge in [-0.1, -0.05) is 33.8 Å². The van der Waals surface area contributed by atoms with E-state index in [0.717, 1.165) is 17.7 Å². The fourth-order valence-electron chi connectivity index (χ4n) is 1.96. The molecule has 1 atom stereocenters. The molecular formula is C18H30N2O3. The number of benzene rings is 1. The molecule has 0 aliphatic carbocycles. The summed E-state index contributed by atoms with van der Waals surface area (Å²) in [5.74, 6) is 1.97. The number of nitrogens with one attached hydrogen (secondary N) is 1. The molecule has 0 saturated carbocycles. The van der Waals surface area contributed by atoms with Crippen molar-refractivity contribution in [3.8, 4) is 11.5 Å². The van der Waals surface area contributed by atoms with Gasteiger partial charge in [-0.25, -0.2) is 0 Å². The molecule has 5 heteroatoms. The normalized spacial score (nSPS) is 12.3. The van der Waals surface area contributed by atoms with E-state index in [2.05, 4.69) is 19.2 Å². The summed E-state index contributed by atoms with van der Waals surface area (Å²) < 4.78 is 11.1. The largest absolute Gasteiger partial charge is 0.493 e. The molecule has 0 aliphatic rings. The molecule has 0 fully saturated rings. The monoisotopic (exact) mass is 322 g/mol. The molecule has 1 amide bonds. The van der Waals surface area contributed by atoms with Gasteiger partial charge >= 0.3 is 0 Å². The number of carbonyl (C=O) groups is 1. The predicted molar refractivity (Wildman–Crippen MR) is 92.6 cm³/mol. The van der Waals surface area contributed by atoms with Gasteiger partial charge in [0, 0.05) is 6.54 Å². The highest BCUT2D eigenvalue weighted by Crippen LogP contribution is 2.28. The summed E-state index contributed by atoms with van der Waals surface area (Å²) >= 11 is 0. The van der Waals surface area contributed by atoms with E-state index in [1.165, 1.54) is 0 Å².